The minimum Gasteiger partial charge on any atom is -0.497 e. The topological polar surface area (TPSA) is 94.8 Å². The molecule has 1 amide bonds. The maximum Gasteiger partial charge on any atom is 0.255 e. The molecule has 0 aliphatic heterocycles. The summed E-state index contributed by atoms with van der Waals surface area (Å²) >= 11 is 1.54. The normalized spacial score (nSPS) is 12.7. The zero-order valence-electron chi connectivity index (χ0n) is 22.2. The fourth-order valence-corrected chi connectivity index (χ4v) is 5.11. The fraction of sp³-hybridized carbons (Fsp3) is 0.194. The summed E-state index contributed by atoms with van der Waals surface area (Å²) in [4.78, 5) is 19.0. The van der Waals surface area contributed by atoms with Gasteiger partial charge in [0, 0.05) is 28.0 Å². The van der Waals surface area contributed by atoms with Crippen LogP contribution in [0.3, 0.4) is 0 Å². The Morgan fingerprint density at radius 3 is 2.73 bits per heavy atom. The van der Waals surface area contributed by atoms with Crippen molar-refractivity contribution in [2.45, 2.75) is 31.7 Å². The molecule has 6 rings (SSSR count). The summed E-state index contributed by atoms with van der Waals surface area (Å²) in [6.07, 6.45) is 3.65. The molecule has 3 aromatic carbocycles. The lowest BCUT2D eigenvalue weighted by molar-refractivity contribution is 0.102. The summed E-state index contributed by atoms with van der Waals surface area (Å²) in [7, 11) is 1.61. The quantitative estimate of drug-likeness (QED) is 0.247. The van der Waals surface area contributed by atoms with Gasteiger partial charge in [-0.15, -0.1) is 21.5 Å². The fourth-order valence-electron chi connectivity index (χ4n) is 4.37. The molecule has 0 radical (unpaired) electrons. The van der Waals surface area contributed by atoms with Crippen LogP contribution in [-0.2, 0) is 6.54 Å². The number of nitrogens with zero attached hydrogens (tertiary/aromatic N) is 5. The standard InChI is InChI=1S/C31H25FN6O2S/c1-40-25-12-8-21(9-13-25)18-38-36-30(35-37-38)23-11-14-27(26(32)17-23)34-31(39)24-7-2-4-20(16-24)10-15-29-33-28(19-41-29)22-5-3-6-22/h2,4,7-9,11-14,16-17,19,22H,3,5-6,18H2,1H3,(H,34,39). The van der Waals surface area contributed by atoms with Gasteiger partial charge < -0.3 is 10.1 Å². The average Bonchev–Trinajstić information content (AvgIpc) is 3.62. The smallest absolute Gasteiger partial charge is 0.255 e. The zero-order chi connectivity index (χ0) is 28.2. The molecule has 2 aromatic heterocycles. The van der Waals surface area contributed by atoms with E-state index >= 15 is 0 Å². The molecule has 2 heterocycles. The Kier molecular flexibility index (Phi) is 7.52. The molecular formula is C31H25FN6O2S. The summed E-state index contributed by atoms with van der Waals surface area (Å²) in [5, 5.41) is 18.0. The molecular weight excluding hydrogens is 539 g/mol. The Bertz CT molecular complexity index is 1770. The van der Waals surface area contributed by atoms with E-state index in [2.05, 4.69) is 42.9 Å². The van der Waals surface area contributed by atoms with Crippen molar-refractivity contribution in [1.82, 2.24) is 25.2 Å². The van der Waals surface area contributed by atoms with Crippen LogP contribution in [0, 0.1) is 17.7 Å². The van der Waals surface area contributed by atoms with Crippen molar-refractivity contribution in [2.24, 2.45) is 0 Å². The lowest BCUT2D eigenvalue weighted by atomic mass is 9.83. The molecule has 41 heavy (non-hydrogen) atoms. The molecule has 0 bridgehead atoms. The summed E-state index contributed by atoms with van der Waals surface area (Å²) in [5.74, 6) is 6.74. The third-order valence-corrected chi connectivity index (χ3v) is 7.67. The van der Waals surface area contributed by atoms with Crippen molar-refractivity contribution < 1.29 is 13.9 Å². The summed E-state index contributed by atoms with van der Waals surface area (Å²) in [5.41, 5.74) is 3.64. The summed E-state index contributed by atoms with van der Waals surface area (Å²) in [6, 6.07) is 18.9. The number of rotatable bonds is 7. The minimum absolute atomic E-state index is 0.0483. The second kappa shape index (κ2) is 11.7. The van der Waals surface area contributed by atoms with E-state index in [0.717, 1.165) is 22.0 Å². The predicted octanol–water partition coefficient (Wildman–Crippen LogP) is 5.91. The van der Waals surface area contributed by atoms with Crippen molar-refractivity contribution in [3.63, 3.8) is 0 Å². The molecule has 1 N–H and O–H groups in total. The zero-order valence-corrected chi connectivity index (χ0v) is 23.0. The molecule has 0 atom stereocenters. The second-order valence-electron chi connectivity index (χ2n) is 9.68. The van der Waals surface area contributed by atoms with Gasteiger partial charge in [0.15, 0.2) is 5.01 Å². The van der Waals surface area contributed by atoms with E-state index in [1.807, 2.05) is 30.3 Å². The predicted molar refractivity (Wildman–Crippen MR) is 154 cm³/mol. The van der Waals surface area contributed by atoms with E-state index in [1.165, 1.54) is 47.5 Å². The van der Waals surface area contributed by atoms with Gasteiger partial charge in [-0.1, -0.05) is 30.5 Å². The van der Waals surface area contributed by atoms with Gasteiger partial charge in [0.2, 0.25) is 5.82 Å². The molecule has 0 saturated heterocycles. The third-order valence-electron chi connectivity index (χ3n) is 6.90. The van der Waals surface area contributed by atoms with Gasteiger partial charge in [0.05, 0.1) is 25.0 Å². The lowest BCUT2D eigenvalue weighted by Crippen LogP contribution is -2.13. The maximum atomic E-state index is 15.0. The SMILES string of the molecule is COc1ccc(Cn2nnc(-c3ccc(NC(=O)c4cccc(C#Cc5nc(C6CCC6)cs5)c4)c(F)c3)n2)cc1. The van der Waals surface area contributed by atoms with Crippen LogP contribution >= 0.6 is 11.3 Å². The van der Waals surface area contributed by atoms with Crippen molar-refractivity contribution in [1.29, 1.82) is 0 Å². The van der Waals surface area contributed by atoms with Gasteiger partial charge in [-0.05, 0) is 78.1 Å². The monoisotopic (exact) mass is 564 g/mol. The third kappa shape index (κ3) is 6.15. The van der Waals surface area contributed by atoms with Gasteiger partial charge in [0.1, 0.15) is 11.6 Å². The largest absolute Gasteiger partial charge is 0.497 e. The number of carbonyl (C=O) groups is 1. The Hall–Kier alpha value is -4.88. The molecule has 1 saturated carbocycles. The van der Waals surface area contributed by atoms with Crippen LogP contribution in [0.2, 0.25) is 0 Å². The van der Waals surface area contributed by atoms with Gasteiger partial charge in [-0.2, -0.15) is 4.80 Å². The summed E-state index contributed by atoms with van der Waals surface area (Å²) < 4.78 is 20.1. The van der Waals surface area contributed by atoms with Gasteiger partial charge >= 0.3 is 0 Å². The van der Waals surface area contributed by atoms with Crippen LogP contribution in [0.5, 0.6) is 5.75 Å². The van der Waals surface area contributed by atoms with Gasteiger partial charge in [-0.25, -0.2) is 9.37 Å². The Balaban J connectivity index is 1.10. The maximum absolute atomic E-state index is 15.0. The highest BCUT2D eigenvalue weighted by molar-refractivity contribution is 7.10. The second-order valence-corrected chi connectivity index (χ2v) is 10.5. The highest BCUT2D eigenvalue weighted by Crippen LogP contribution is 2.36. The summed E-state index contributed by atoms with van der Waals surface area (Å²) in [6.45, 7) is 0.405. The molecule has 0 unspecified atom stereocenters. The minimum atomic E-state index is -0.607. The molecule has 1 fully saturated rings. The number of benzene rings is 3. The first kappa shape index (κ1) is 26.3. The number of hydrogen-bond donors (Lipinski definition) is 1. The number of carbonyl (C=O) groups excluding carboxylic acids is 1. The van der Waals surface area contributed by atoms with Crippen molar-refractivity contribution >= 4 is 22.9 Å². The van der Waals surface area contributed by atoms with Crippen molar-refractivity contribution in [3.8, 4) is 29.0 Å². The highest BCUT2D eigenvalue weighted by atomic mass is 32.1. The van der Waals surface area contributed by atoms with Crippen LogP contribution < -0.4 is 10.1 Å². The van der Waals surface area contributed by atoms with E-state index in [-0.39, 0.29) is 11.5 Å². The molecule has 1 aliphatic rings. The molecule has 204 valence electrons. The molecule has 1 aliphatic carbocycles. The number of hydrogen-bond acceptors (Lipinski definition) is 7. The van der Waals surface area contributed by atoms with Crippen molar-refractivity contribution in [2.75, 3.05) is 12.4 Å². The van der Waals surface area contributed by atoms with Crippen LogP contribution in [0.15, 0.2) is 72.1 Å². The van der Waals surface area contributed by atoms with Crippen LogP contribution in [-0.4, -0.2) is 38.2 Å². The van der Waals surface area contributed by atoms with Gasteiger partial charge in [-0.3, -0.25) is 4.79 Å². The number of amides is 1. The Morgan fingerprint density at radius 1 is 1.12 bits per heavy atom. The highest BCUT2D eigenvalue weighted by Gasteiger charge is 2.21. The number of thiazole rings is 1. The number of nitrogens with one attached hydrogen (secondary N) is 1. The lowest BCUT2D eigenvalue weighted by Gasteiger charge is -2.22. The molecule has 5 aromatic rings. The number of ether oxygens (including phenoxy) is 1. The van der Waals surface area contributed by atoms with Crippen LogP contribution in [0.25, 0.3) is 11.4 Å². The Labute approximate surface area is 240 Å². The number of anilines is 1. The molecule has 0 spiro atoms. The first-order valence-corrected chi connectivity index (χ1v) is 14.0. The van der Waals surface area contributed by atoms with Crippen molar-refractivity contribution in [3.05, 3.63) is 105 Å². The number of halogens is 1. The van der Waals surface area contributed by atoms with E-state index in [1.54, 1.807) is 31.4 Å². The molecule has 8 nitrogen and oxygen atoms in total. The number of tetrazole rings is 1. The van der Waals surface area contributed by atoms with E-state index in [0.29, 0.717) is 29.2 Å². The number of methoxy groups -OCH3 is 1. The first-order chi connectivity index (χ1) is 20.0. The first-order valence-electron chi connectivity index (χ1n) is 13.1. The van der Waals surface area contributed by atoms with E-state index < -0.39 is 11.7 Å². The van der Waals surface area contributed by atoms with Crippen LogP contribution in [0.4, 0.5) is 10.1 Å². The molecule has 10 heteroatoms. The van der Waals surface area contributed by atoms with E-state index in [9.17, 15) is 9.18 Å². The number of aromatic nitrogens is 5. The van der Waals surface area contributed by atoms with Crippen LogP contribution in [0.1, 0.15) is 57.4 Å². The Morgan fingerprint density at radius 2 is 1.98 bits per heavy atom. The van der Waals surface area contributed by atoms with Gasteiger partial charge in [0.25, 0.3) is 5.91 Å². The average molecular weight is 565 g/mol. The van der Waals surface area contributed by atoms with E-state index in [4.69, 9.17) is 4.74 Å².